The second-order valence-electron chi connectivity index (χ2n) is 8.59. The van der Waals surface area contributed by atoms with Crippen molar-refractivity contribution in [3.05, 3.63) is 23.8 Å². The topological polar surface area (TPSA) is 92.8 Å². The molecule has 1 heterocycles. The number of likely N-dealkylation sites (tertiary alicyclic amines) is 1. The molecule has 29 heavy (non-hydrogen) atoms. The number of fused-ring (bicyclic) bond motifs is 1. The summed E-state index contributed by atoms with van der Waals surface area (Å²) in [7, 11) is -2.43. The van der Waals surface area contributed by atoms with Gasteiger partial charge in [0.15, 0.2) is 0 Å². The van der Waals surface area contributed by atoms with Gasteiger partial charge >= 0.3 is 0 Å². The van der Waals surface area contributed by atoms with E-state index in [4.69, 9.17) is 4.74 Å². The first kappa shape index (κ1) is 21.8. The van der Waals surface area contributed by atoms with Gasteiger partial charge in [-0.05, 0) is 50.8 Å². The Morgan fingerprint density at radius 2 is 1.72 bits per heavy atom. The lowest BCUT2D eigenvalue weighted by Gasteiger charge is -2.25. The van der Waals surface area contributed by atoms with Crippen molar-refractivity contribution in [1.29, 1.82) is 0 Å². The quantitative estimate of drug-likeness (QED) is 0.682. The number of hydrogen-bond donors (Lipinski definition) is 1. The molecule has 0 bridgehead atoms. The summed E-state index contributed by atoms with van der Waals surface area (Å²) in [6.45, 7) is 5.60. The van der Waals surface area contributed by atoms with Crippen LogP contribution in [0.25, 0.3) is 0 Å². The van der Waals surface area contributed by atoms with E-state index < -0.39 is 15.6 Å². The minimum atomic E-state index is -3.84. The minimum absolute atomic E-state index is 0.00976. The second kappa shape index (κ2) is 8.07. The van der Waals surface area contributed by atoms with Gasteiger partial charge in [0, 0.05) is 5.54 Å². The Morgan fingerprint density at radius 3 is 2.24 bits per heavy atom. The highest BCUT2D eigenvalue weighted by Gasteiger charge is 2.48. The third-order valence-corrected chi connectivity index (χ3v) is 7.80. The fraction of sp³-hybridized carbons (Fsp3) is 0.619. The highest BCUT2D eigenvalue weighted by atomic mass is 32.2. The number of imide groups is 1. The molecule has 2 fully saturated rings. The van der Waals surface area contributed by atoms with Crippen molar-refractivity contribution in [2.45, 2.75) is 69.9 Å². The Morgan fingerprint density at radius 1 is 1.14 bits per heavy atom. The zero-order chi connectivity index (χ0) is 21.4. The van der Waals surface area contributed by atoms with Crippen LogP contribution in [0.4, 0.5) is 0 Å². The average Bonchev–Trinajstić information content (AvgIpc) is 2.92. The van der Waals surface area contributed by atoms with E-state index in [1.807, 2.05) is 20.8 Å². The van der Waals surface area contributed by atoms with Crippen LogP contribution in [-0.2, 0) is 26.2 Å². The minimum Gasteiger partial charge on any atom is -0.495 e. The Kier molecular flexibility index (Phi) is 6.06. The van der Waals surface area contributed by atoms with Crippen LogP contribution in [0, 0.1) is 11.8 Å². The number of carbonyl (C=O) groups excluding carboxylic acids is 2. The van der Waals surface area contributed by atoms with Crippen molar-refractivity contribution in [2.24, 2.45) is 11.8 Å². The summed E-state index contributed by atoms with van der Waals surface area (Å²) in [6.07, 6.45) is 4.07. The number of ether oxygens (including phenoxy) is 1. The normalized spacial score (nSPS) is 22.7. The smallest absolute Gasteiger partial charge is 0.244 e. The van der Waals surface area contributed by atoms with E-state index in [2.05, 4.69) is 4.72 Å². The summed E-state index contributed by atoms with van der Waals surface area (Å²) in [6, 6.07) is 4.77. The first-order chi connectivity index (χ1) is 13.6. The summed E-state index contributed by atoms with van der Waals surface area (Å²) >= 11 is 0. The number of methoxy groups -OCH3 is 1. The Hall–Kier alpha value is -1.93. The molecule has 1 aliphatic carbocycles. The van der Waals surface area contributed by atoms with Gasteiger partial charge in [-0.2, -0.15) is 0 Å². The van der Waals surface area contributed by atoms with Crippen LogP contribution in [0.1, 0.15) is 58.4 Å². The van der Waals surface area contributed by atoms with Gasteiger partial charge in [0.25, 0.3) is 0 Å². The predicted molar refractivity (Wildman–Crippen MR) is 109 cm³/mol. The standard InChI is InChI=1S/C21H30N2O5S/c1-5-21(2,3)22-29(26,27)18-12-14(10-11-17(18)28-4)13-23-19(24)15-8-6-7-9-16(15)20(23)25/h10-12,15-16,22H,5-9,13H2,1-4H3/t15-,16-/m1/s1. The molecule has 2 atom stereocenters. The molecule has 0 spiro atoms. The lowest BCUT2D eigenvalue weighted by molar-refractivity contribution is -0.140. The lowest BCUT2D eigenvalue weighted by atomic mass is 9.81. The number of sulfonamides is 1. The van der Waals surface area contributed by atoms with Crippen LogP contribution < -0.4 is 9.46 Å². The molecule has 1 saturated heterocycles. The number of hydrogen-bond acceptors (Lipinski definition) is 5. The van der Waals surface area contributed by atoms with Crippen molar-refractivity contribution < 1.29 is 22.7 Å². The Balaban J connectivity index is 1.89. The van der Waals surface area contributed by atoms with Crippen molar-refractivity contribution in [1.82, 2.24) is 9.62 Å². The Bertz CT molecular complexity index is 886. The lowest BCUT2D eigenvalue weighted by Crippen LogP contribution is -2.42. The van der Waals surface area contributed by atoms with E-state index in [0.717, 1.165) is 25.7 Å². The SMILES string of the molecule is CCC(C)(C)NS(=O)(=O)c1cc(CN2C(=O)[C@@H]3CCCC[C@H]3C2=O)ccc1OC. The van der Waals surface area contributed by atoms with Gasteiger partial charge in [0.05, 0.1) is 25.5 Å². The molecule has 2 amide bonds. The molecule has 8 heteroatoms. The van der Waals surface area contributed by atoms with Gasteiger partial charge in [0.1, 0.15) is 10.6 Å². The maximum atomic E-state index is 13.0. The molecular formula is C21H30N2O5S. The monoisotopic (exact) mass is 422 g/mol. The molecule has 2 aliphatic rings. The number of amides is 2. The molecular weight excluding hydrogens is 392 g/mol. The van der Waals surface area contributed by atoms with E-state index >= 15 is 0 Å². The van der Waals surface area contributed by atoms with Crippen molar-refractivity contribution in [3.63, 3.8) is 0 Å². The highest BCUT2D eigenvalue weighted by Crippen LogP contribution is 2.39. The summed E-state index contributed by atoms with van der Waals surface area (Å²) in [5.74, 6) is -0.481. The third kappa shape index (κ3) is 4.33. The number of benzene rings is 1. The predicted octanol–water partition coefficient (Wildman–Crippen LogP) is 2.84. The molecule has 1 aromatic carbocycles. The first-order valence-corrected chi connectivity index (χ1v) is 11.6. The number of nitrogens with one attached hydrogen (secondary N) is 1. The van der Waals surface area contributed by atoms with Gasteiger partial charge in [0.2, 0.25) is 21.8 Å². The van der Waals surface area contributed by atoms with Crippen LogP contribution in [0.5, 0.6) is 5.75 Å². The second-order valence-corrected chi connectivity index (χ2v) is 10.2. The fourth-order valence-corrected chi connectivity index (χ4v) is 5.79. The van der Waals surface area contributed by atoms with Crippen LogP contribution in [-0.4, -0.2) is 37.8 Å². The van der Waals surface area contributed by atoms with Crippen molar-refractivity contribution in [3.8, 4) is 5.75 Å². The number of carbonyl (C=O) groups is 2. The largest absolute Gasteiger partial charge is 0.495 e. The molecule has 3 rings (SSSR count). The van der Waals surface area contributed by atoms with Gasteiger partial charge in [-0.15, -0.1) is 0 Å². The molecule has 1 saturated carbocycles. The van der Waals surface area contributed by atoms with E-state index in [-0.39, 0.29) is 40.8 Å². The van der Waals surface area contributed by atoms with Gasteiger partial charge < -0.3 is 4.74 Å². The summed E-state index contributed by atoms with van der Waals surface area (Å²) in [5, 5.41) is 0. The van der Waals surface area contributed by atoms with Gasteiger partial charge in [-0.1, -0.05) is 25.8 Å². The van der Waals surface area contributed by atoms with Crippen LogP contribution in [0.2, 0.25) is 0 Å². The highest BCUT2D eigenvalue weighted by molar-refractivity contribution is 7.89. The molecule has 0 aromatic heterocycles. The maximum absolute atomic E-state index is 13.0. The zero-order valence-corrected chi connectivity index (χ0v) is 18.3. The van der Waals surface area contributed by atoms with Crippen LogP contribution >= 0.6 is 0 Å². The number of rotatable bonds is 7. The van der Waals surface area contributed by atoms with Crippen molar-refractivity contribution in [2.75, 3.05) is 7.11 Å². The van der Waals surface area contributed by atoms with E-state index in [1.165, 1.54) is 18.1 Å². The molecule has 1 aliphatic heterocycles. The zero-order valence-electron chi connectivity index (χ0n) is 17.5. The Labute approximate surface area is 172 Å². The molecule has 160 valence electrons. The number of nitrogens with zero attached hydrogens (tertiary/aromatic N) is 1. The summed E-state index contributed by atoms with van der Waals surface area (Å²) < 4.78 is 33.9. The average molecular weight is 423 g/mol. The van der Waals surface area contributed by atoms with E-state index in [0.29, 0.717) is 12.0 Å². The van der Waals surface area contributed by atoms with Crippen LogP contribution in [0.3, 0.4) is 0 Å². The van der Waals surface area contributed by atoms with Gasteiger partial charge in [-0.25, -0.2) is 13.1 Å². The molecule has 0 radical (unpaired) electrons. The molecule has 1 N–H and O–H groups in total. The van der Waals surface area contributed by atoms with E-state index in [1.54, 1.807) is 12.1 Å². The third-order valence-electron chi connectivity index (χ3n) is 6.09. The van der Waals surface area contributed by atoms with Gasteiger partial charge in [-0.3, -0.25) is 14.5 Å². The van der Waals surface area contributed by atoms with Crippen LogP contribution in [0.15, 0.2) is 23.1 Å². The fourth-order valence-electron chi connectivity index (χ4n) is 4.09. The molecule has 0 unspecified atom stereocenters. The van der Waals surface area contributed by atoms with E-state index in [9.17, 15) is 18.0 Å². The summed E-state index contributed by atoms with van der Waals surface area (Å²) in [5.41, 5.74) is -0.0306. The first-order valence-electron chi connectivity index (χ1n) is 10.2. The maximum Gasteiger partial charge on any atom is 0.244 e. The van der Waals surface area contributed by atoms with Crippen molar-refractivity contribution >= 4 is 21.8 Å². The summed E-state index contributed by atoms with van der Waals surface area (Å²) in [4.78, 5) is 26.8. The molecule has 1 aromatic rings. The molecule has 7 nitrogen and oxygen atoms in total.